The van der Waals surface area contributed by atoms with Crippen molar-refractivity contribution in [3.63, 3.8) is 0 Å². The van der Waals surface area contributed by atoms with Gasteiger partial charge in [0.25, 0.3) is 0 Å². The first-order valence-corrected chi connectivity index (χ1v) is 8.34. The molecule has 11 nitrogen and oxygen atoms in total. The smallest absolute Gasteiger partial charge is 0.322 e. The first kappa shape index (κ1) is 23.8. The maximum atomic E-state index is 12.4. The number of carboxylic acids is 1. The zero-order valence-corrected chi connectivity index (χ0v) is 15.0. The van der Waals surface area contributed by atoms with Gasteiger partial charge in [-0.15, -0.1) is 0 Å². The largest absolute Gasteiger partial charge is 0.480 e. The van der Waals surface area contributed by atoms with Gasteiger partial charge in [-0.1, -0.05) is 0 Å². The number of aliphatic carboxylic acids is 1. The summed E-state index contributed by atoms with van der Waals surface area (Å²) < 4.78 is 0. The number of carbonyl (C=O) groups is 4. The van der Waals surface area contributed by atoms with Crippen LogP contribution in [0.3, 0.4) is 0 Å². The van der Waals surface area contributed by atoms with Crippen LogP contribution in [0.15, 0.2) is 0 Å². The van der Waals surface area contributed by atoms with Crippen molar-refractivity contribution >= 4 is 23.7 Å². The Morgan fingerprint density at radius 1 is 1.00 bits per heavy atom. The van der Waals surface area contributed by atoms with Gasteiger partial charge in [-0.05, 0) is 39.7 Å². The summed E-state index contributed by atoms with van der Waals surface area (Å²) in [6, 6.07) is -3.16. The van der Waals surface area contributed by atoms with E-state index in [1.807, 2.05) is 0 Å². The van der Waals surface area contributed by atoms with Gasteiger partial charge in [0.05, 0.1) is 12.1 Å². The zero-order valence-electron chi connectivity index (χ0n) is 15.0. The minimum absolute atomic E-state index is 0.269. The van der Waals surface area contributed by atoms with Crippen LogP contribution in [-0.4, -0.2) is 71.2 Å². The molecule has 150 valence electrons. The summed E-state index contributed by atoms with van der Waals surface area (Å²) in [5.41, 5.74) is 10.9. The molecule has 3 amide bonds. The van der Waals surface area contributed by atoms with Crippen LogP contribution in [0.1, 0.15) is 33.1 Å². The van der Waals surface area contributed by atoms with Crippen molar-refractivity contribution in [3.05, 3.63) is 0 Å². The maximum absolute atomic E-state index is 12.4. The average Bonchev–Trinajstić information content (AvgIpc) is 2.55. The number of nitrogens with one attached hydrogen (secondary N) is 3. The Balaban J connectivity index is 5.04. The van der Waals surface area contributed by atoms with E-state index in [-0.39, 0.29) is 6.42 Å². The fourth-order valence-corrected chi connectivity index (χ4v) is 2.00. The molecule has 0 aliphatic heterocycles. The van der Waals surface area contributed by atoms with Gasteiger partial charge in [-0.2, -0.15) is 0 Å². The number of aliphatic hydroxyl groups is 1. The highest BCUT2D eigenvalue weighted by Crippen LogP contribution is 2.03. The van der Waals surface area contributed by atoms with Crippen LogP contribution in [0, 0.1) is 0 Å². The van der Waals surface area contributed by atoms with E-state index in [9.17, 15) is 24.3 Å². The van der Waals surface area contributed by atoms with E-state index in [1.54, 1.807) is 0 Å². The molecule has 0 spiro atoms. The van der Waals surface area contributed by atoms with E-state index in [2.05, 4.69) is 16.0 Å². The van der Waals surface area contributed by atoms with Gasteiger partial charge in [0.1, 0.15) is 18.6 Å². The SMILES string of the molecule is CC(N)C(=O)NC(CCCCN)C(=O)NC(C(=O)NCC(=O)O)C(C)O. The van der Waals surface area contributed by atoms with E-state index in [0.717, 1.165) is 0 Å². The van der Waals surface area contributed by atoms with Crippen LogP contribution in [-0.2, 0) is 19.2 Å². The van der Waals surface area contributed by atoms with Crippen LogP contribution < -0.4 is 27.4 Å². The summed E-state index contributed by atoms with van der Waals surface area (Å²) in [4.78, 5) is 46.7. The van der Waals surface area contributed by atoms with E-state index < -0.39 is 54.5 Å². The lowest BCUT2D eigenvalue weighted by Crippen LogP contribution is -2.58. The predicted octanol–water partition coefficient (Wildman–Crippen LogP) is -2.99. The lowest BCUT2D eigenvalue weighted by Gasteiger charge is -2.25. The Hall–Kier alpha value is -2.24. The average molecular weight is 375 g/mol. The highest BCUT2D eigenvalue weighted by atomic mass is 16.4. The molecule has 0 bridgehead atoms. The topological polar surface area (TPSA) is 197 Å². The second-order valence-electron chi connectivity index (χ2n) is 5.97. The van der Waals surface area contributed by atoms with Crippen LogP contribution >= 0.6 is 0 Å². The third-order valence-electron chi connectivity index (χ3n) is 3.47. The molecule has 0 aromatic heterocycles. The van der Waals surface area contributed by atoms with Crippen molar-refractivity contribution in [2.24, 2.45) is 11.5 Å². The van der Waals surface area contributed by atoms with Crippen LogP contribution in [0.5, 0.6) is 0 Å². The molecular weight excluding hydrogens is 346 g/mol. The minimum atomic E-state index is -1.37. The highest BCUT2D eigenvalue weighted by molar-refractivity contribution is 5.93. The third-order valence-corrected chi connectivity index (χ3v) is 3.47. The number of carboxylic acid groups (broad SMARTS) is 1. The zero-order chi connectivity index (χ0) is 20.3. The molecule has 0 aromatic carbocycles. The van der Waals surface area contributed by atoms with Gasteiger partial charge in [0, 0.05) is 0 Å². The van der Waals surface area contributed by atoms with E-state index >= 15 is 0 Å². The number of hydrogen-bond acceptors (Lipinski definition) is 7. The molecule has 0 aliphatic rings. The predicted molar refractivity (Wildman–Crippen MR) is 92.7 cm³/mol. The molecule has 0 saturated heterocycles. The fourth-order valence-electron chi connectivity index (χ4n) is 2.00. The van der Waals surface area contributed by atoms with Crippen molar-refractivity contribution < 1.29 is 29.4 Å². The third kappa shape index (κ3) is 9.30. The summed E-state index contributed by atoms with van der Waals surface area (Å²) >= 11 is 0. The molecular formula is C15H29N5O6. The maximum Gasteiger partial charge on any atom is 0.322 e. The Labute approximate surface area is 151 Å². The number of amides is 3. The molecule has 0 radical (unpaired) electrons. The van der Waals surface area contributed by atoms with Crippen molar-refractivity contribution in [1.82, 2.24) is 16.0 Å². The highest BCUT2D eigenvalue weighted by Gasteiger charge is 2.30. The standard InChI is InChI=1S/C15H29N5O6/c1-8(17)13(24)19-10(5-3-4-6-16)14(25)20-12(9(2)21)15(26)18-7-11(22)23/h8-10,12,21H,3-7,16-17H2,1-2H3,(H,18,26)(H,19,24)(H,20,25)(H,22,23). The normalized spacial score (nSPS) is 15.3. The van der Waals surface area contributed by atoms with Crippen LogP contribution in [0.4, 0.5) is 0 Å². The first-order valence-electron chi connectivity index (χ1n) is 8.34. The molecule has 9 N–H and O–H groups in total. The van der Waals surface area contributed by atoms with Gasteiger partial charge >= 0.3 is 5.97 Å². The molecule has 0 saturated carbocycles. The molecule has 0 aliphatic carbocycles. The monoisotopic (exact) mass is 375 g/mol. The van der Waals surface area contributed by atoms with E-state index in [0.29, 0.717) is 19.4 Å². The molecule has 26 heavy (non-hydrogen) atoms. The first-order chi connectivity index (χ1) is 12.1. The van der Waals surface area contributed by atoms with Crippen molar-refractivity contribution in [3.8, 4) is 0 Å². The molecule has 0 rings (SSSR count). The Bertz CT molecular complexity index is 497. The Morgan fingerprint density at radius 2 is 1.62 bits per heavy atom. The number of rotatable bonds is 12. The molecule has 0 fully saturated rings. The second-order valence-corrected chi connectivity index (χ2v) is 5.97. The lowest BCUT2D eigenvalue weighted by atomic mass is 10.1. The molecule has 4 atom stereocenters. The van der Waals surface area contributed by atoms with E-state index in [1.165, 1.54) is 13.8 Å². The van der Waals surface area contributed by atoms with Crippen molar-refractivity contribution in [2.45, 2.75) is 57.3 Å². The molecule has 11 heteroatoms. The quantitative estimate of drug-likeness (QED) is 0.175. The van der Waals surface area contributed by atoms with Crippen molar-refractivity contribution in [2.75, 3.05) is 13.1 Å². The molecule has 0 aromatic rings. The van der Waals surface area contributed by atoms with Crippen LogP contribution in [0.2, 0.25) is 0 Å². The molecule has 0 heterocycles. The summed E-state index contributed by atoms with van der Waals surface area (Å²) in [6.07, 6.45) is 0.182. The summed E-state index contributed by atoms with van der Waals surface area (Å²) in [5, 5.41) is 25.2. The Kier molecular flexibility index (Phi) is 11.1. The van der Waals surface area contributed by atoms with Gasteiger partial charge in [0.15, 0.2) is 0 Å². The number of unbranched alkanes of at least 4 members (excludes halogenated alkanes) is 1. The number of hydrogen-bond donors (Lipinski definition) is 7. The minimum Gasteiger partial charge on any atom is -0.480 e. The lowest BCUT2D eigenvalue weighted by molar-refractivity contribution is -0.139. The Morgan fingerprint density at radius 3 is 2.08 bits per heavy atom. The summed E-state index contributed by atoms with van der Waals surface area (Å²) in [7, 11) is 0. The van der Waals surface area contributed by atoms with Crippen LogP contribution in [0.25, 0.3) is 0 Å². The second kappa shape index (κ2) is 12.2. The molecule has 4 unspecified atom stereocenters. The fraction of sp³-hybridized carbons (Fsp3) is 0.733. The number of aliphatic hydroxyl groups excluding tert-OH is 1. The van der Waals surface area contributed by atoms with Gasteiger partial charge < -0.3 is 37.6 Å². The number of nitrogens with two attached hydrogens (primary N) is 2. The number of carbonyl (C=O) groups excluding carboxylic acids is 3. The van der Waals surface area contributed by atoms with Gasteiger partial charge in [0.2, 0.25) is 17.7 Å². The van der Waals surface area contributed by atoms with Crippen molar-refractivity contribution in [1.29, 1.82) is 0 Å². The van der Waals surface area contributed by atoms with Gasteiger partial charge in [-0.25, -0.2) is 0 Å². The van der Waals surface area contributed by atoms with Gasteiger partial charge in [-0.3, -0.25) is 19.2 Å². The van der Waals surface area contributed by atoms with E-state index in [4.69, 9.17) is 16.6 Å². The summed E-state index contributed by atoms with van der Waals surface area (Å²) in [5.74, 6) is -3.35. The summed E-state index contributed by atoms with van der Waals surface area (Å²) in [6.45, 7) is 2.50.